The molecule has 0 radical (unpaired) electrons. The predicted molar refractivity (Wildman–Crippen MR) is 73.8 cm³/mol. The highest BCUT2D eigenvalue weighted by Crippen LogP contribution is 2.33. The molecule has 3 heteroatoms. The molecule has 2 fully saturated rings. The molecular weight excluding hydrogens is 226 g/mol. The predicted octanol–water partition coefficient (Wildman–Crippen LogP) is 2.60. The van der Waals surface area contributed by atoms with Gasteiger partial charge in [-0.2, -0.15) is 0 Å². The summed E-state index contributed by atoms with van der Waals surface area (Å²) >= 11 is 0. The van der Waals surface area contributed by atoms with Crippen molar-refractivity contribution in [2.75, 3.05) is 33.0 Å². The Morgan fingerprint density at radius 3 is 2.44 bits per heavy atom. The zero-order chi connectivity index (χ0) is 13.1. The molecular formula is C15H29NO2. The van der Waals surface area contributed by atoms with Crippen molar-refractivity contribution in [1.29, 1.82) is 0 Å². The van der Waals surface area contributed by atoms with Crippen LogP contribution in [-0.4, -0.2) is 38.5 Å². The largest absolute Gasteiger partial charge is 0.381 e. The van der Waals surface area contributed by atoms with Gasteiger partial charge in [-0.15, -0.1) is 0 Å². The maximum absolute atomic E-state index is 5.97. The molecule has 1 saturated carbocycles. The summed E-state index contributed by atoms with van der Waals surface area (Å²) in [5.41, 5.74) is 0.474. The zero-order valence-electron chi connectivity index (χ0n) is 12.3. The summed E-state index contributed by atoms with van der Waals surface area (Å²) in [7, 11) is 0. The second kappa shape index (κ2) is 5.89. The molecule has 0 aromatic carbocycles. The molecule has 0 aromatic rings. The molecule has 1 aliphatic carbocycles. The van der Waals surface area contributed by atoms with E-state index < -0.39 is 0 Å². The van der Waals surface area contributed by atoms with Crippen LogP contribution in [0.5, 0.6) is 0 Å². The number of hydrogen-bond donors (Lipinski definition) is 1. The molecule has 1 heterocycles. The number of rotatable bonds is 6. The topological polar surface area (TPSA) is 30.5 Å². The summed E-state index contributed by atoms with van der Waals surface area (Å²) in [5, 5.41) is 3.65. The second-order valence-corrected chi connectivity index (χ2v) is 7.17. The summed E-state index contributed by atoms with van der Waals surface area (Å²) in [6, 6.07) is 0. The lowest BCUT2D eigenvalue weighted by molar-refractivity contribution is -0.0428. The quantitative estimate of drug-likeness (QED) is 0.791. The Hall–Kier alpha value is -0.120. The molecule has 18 heavy (non-hydrogen) atoms. The van der Waals surface area contributed by atoms with Crippen LogP contribution in [0.3, 0.4) is 0 Å². The van der Waals surface area contributed by atoms with Gasteiger partial charge in [0.25, 0.3) is 0 Å². The highest BCUT2D eigenvalue weighted by molar-refractivity contribution is 4.87. The lowest BCUT2D eigenvalue weighted by Crippen LogP contribution is -2.48. The molecule has 1 aliphatic heterocycles. The van der Waals surface area contributed by atoms with Crippen molar-refractivity contribution in [3.8, 4) is 0 Å². The lowest BCUT2D eigenvalue weighted by Gasteiger charge is -2.39. The van der Waals surface area contributed by atoms with Gasteiger partial charge < -0.3 is 14.8 Å². The van der Waals surface area contributed by atoms with Gasteiger partial charge in [0, 0.05) is 37.3 Å². The van der Waals surface area contributed by atoms with Crippen molar-refractivity contribution in [1.82, 2.24) is 5.32 Å². The van der Waals surface area contributed by atoms with Gasteiger partial charge in [-0.05, 0) is 52.4 Å². The van der Waals surface area contributed by atoms with E-state index in [1.54, 1.807) is 0 Å². The SMILES string of the molecule is CC(C)(C)NCC1(COCC2CC2)CCOCC1. The molecule has 2 aliphatic rings. The van der Waals surface area contributed by atoms with E-state index in [0.717, 1.165) is 51.7 Å². The van der Waals surface area contributed by atoms with Crippen molar-refractivity contribution in [3.63, 3.8) is 0 Å². The Labute approximate surface area is 112 Å². The molecule has 0 atom stereocenters. The molecule has 3 nitrogen and oxygen atoms in total. The van der Waals surface area contributed by atoms with E-state index in [1.165, 1.54) is 12.8 Å². The normalized spacial score (nSPS) is 24.2. The third-order valence-corrected chi connectivity index (χ3v) is 4.01. The molecule has 0 spiro atoms. The fraction of sp³-hybridized carbons (Fsp3) is 1.00. The van der Waals surface area contributed by atoms with Crippen LogP contribution in [0.4, 0.5) is 0 Å². The zero-order valence-corrected chi connectivity index (χ0v) is 12.3. The lowest BCUT2D eigenvalue weighted by atomic mass is 9.80. The smallest absolute Gasteiger partial charge is 0.0536 e. The molecule has 2 rings (SSSR count). The molecule has 0 amide bonds. The minimum absolute atomic E-state index is 0.182. The van der Waals surface area contributed by atoms with E-state index in [2.05, 4.69) is 26.1 Å². The first-order chi connectivity index (χ1) is 8.49. The second-order valence-electron chi connectivity index (χ2n) is 7.17. The van der Waals surface area contributed by atoms with Gasteiger partial charge in [-0.3, -0.25) is 0 Å². The Kier molecular flexibility index (Phi) is 4.68. The Morgan fingerprint density at radius 1 is 1.22 bits per heavy atom. The van der Waals surface area contributed by atoms with Gasteiger partial charge in [0.15, 0.2) is 0 Å². The number of ether oxygens (including phenoxy) is 2. The van der Waals surface area contributed by atoms with Crippen molar-refractivity contribution in [2.24, 2.45) is 11.3 Å². The first kappa shape index (κ1) is 14.3. The van der Waals surface area contributed by atoms with Crippen molar-refractivity contribution < 1.29 is 9.47 Å². The van der Waals surface area contributed by atoms with Crippen molar-refractivity contribution >= 4 is 0 Å². The average Bonchev–Trinajstić information content (AvgIpc) is 3.11. The maximum atomic E-state index is 5.97. The minimum Gasteiger partial charge on any atom is -0.381 e. The van der Waals surface area contributed by atoms with Gasteiger partial charge in [-0.25, -0.2) is 0 Å². The summed E-state index contributed by atoms with van der Waals surface area (Å²) in [6.07, 6.45) is 4.99. The van der Waals surface area contributed by atoms with Crippen LogP contribution in [0.15, 0.2) is 0 Å². The third kappa shape index (κ3) is 4.87. The summed E-state index contributed by atoms with van der Waals surface area (Å²) in [4.78, 5) is 0. The first-order valence-corrected chi connectivity index (χ1v) is 7.40. The van der Waals surface area contributed by atoms with E-state index in [-0.39, 0.29) is 5.54 Å². The highest BCUT2D eigenvalue weighted by Gasteiger charge is 2.34. The molecule has 0 bridgehead atoms. The third-order valence-electron chi connectivity index (χ3n) is 4.01. The van der Waals surface area contributed by atoms with Crippen LogP contribution in [0, 0.1) is 11.3 Å². The summed E-state index contributed by atoms with van der Waals surface area (Å²) in [5.74, 6) is 0.859. The molecule has 0 unspecified atom stereocenters. The van der Waals surface area contributed by atoms with Gasteiger partial charge in [0.05, 0.1) is 6.61 Å². The number of nitrogens with one attached hydrogen (secondary N) is 1. The van der Waals surface area contributed by atoms with Crippen molar-refractivity contribution in [2.45, 2.75) is 52.0 Å². The Balaban J connectivity index is 1.80. The van der Waals surface area contributed by atoms with E-state index in [1.807, 2.05) is 0 Å². The van der Waals surface area contributed by atoms with E-state index in [9.17, 15) is 0 Å². The summed E-state index contributed by atoms with van der Waals surface area (Å²) < 4.78 is 11.5. The van der Waals surface area contributed by atoms with Crippen LogP contribution in [0.25, 0.3) is 0 Å². The Bertz CT molecular complexity index is 250. The van der Waals surface area contributed by atoms with Crippen LogP contribution in [0.2, 0.25) is 0 Å². The molecule has 1 saturated heterocycles. The highest BCUT2D eigenvalue weighted by atomic mass is 16.5. The molecule has 1 N–H and O–H groups in total. The average molecular weight is 255 g/mol. The summed E-state index contributed by atoms with van der Waals surface area (Å²) in [6.45, 7) is 11.4. The standard InChI is InChI=1S/C15H29NO2/c1-14(2,3)16-11-15(6-8-17-9-7-15)12-18-10-13-4-5-13/h13,16H,4-12H2,1-3H3. The van der Waals surface area contributed by atoms with E-state index in [0.29, 0.717) is 5.41 Å². The fourth-order valence-corrected chi connectivity index (χ4v) is 2.36. The van der Waals surface area contributed by atoms with Crippen LogP contribution >= 0.6 is 0 Å². The minimum atomic E-state index is 0.182. The monoisotopic (exact) mass is 255 g/mol. The Morgan fingerprint density at radius 2 is 1.89 bits per heavy atom. The molecule has 0 aromatic heterocycles. The van der Waals surface area contributed by atoms with Gasteiger partial charge in [0.1, 0.15) is 0 Å². The van der Waals surface area contributed by atoms with E-state index in [4.69, 9.17) is 9.47 Å². The van der Waals surface area contributed by atoms with Crippen LogP contribution < -0.4 is 5.32 Å². The maximum Gasteiger partial charge on any atom is 0.0536 e. The van der Waals surface area contributed by atoms with E-state index >= 15 is 0 Å². The first-order valence-electron chi connectivity index (χ1n) is 7.40. The van der Waals surface area contributed by atoms with Crippen molar-refractivity contribution in [3.05, 3.63) is 0 Å². The fourth-order valence-electron chi connectivity index (χ4n) is 2.36. The van der Waals surface area contributed by atoms with Crippen LogP contribution in [0.1, 0.15) is 46.5 Å². The van der Waals surface area contributed by atoms with Gasteiger partial charge in [-0.1, -0.05) is 0 Å². The molecule has 106 valence electrons. The number of hydrogen-bond acceptors (Lipinski definition) is 3. The van der Waals surface area contributed by atoms with Crippen LogP contribution in [-0.2, 0) is 9.47 Å². The van der Waals surface area contributed by atoms with Gasteiger partial charge >= 0.3 is 0 Å². The van der Waals surface area contributed by atoms with Gasteiger partial charge in [0.2, 0.25) is 0 Å².